The van der Waals surface area contributed by atoms with Gasteiger partial charge in [0.15, 0.2) is 0 Å². The quantitative estimate of drug-likeness (QED) is 0.527. The fourth-order valence-electron chi connectivity index (χ4n) is 0.499. The van der Waals surface area contributed by atoms with Gasteiger partial charge in [0.1, 0.15) is 6.26 Å². The lowest BCUT2D eigenvalue weighted by Gasteiger charge is -1.75. The van der Waals surface area contributed by atoms with Crippen LogP contribution in [0.5, 0.6) is 0 Å². The normalized spacial score (nSPS) is 25.8. The summed E-state index contributed by atoms with van der Waals surface area (Å²) in [7, 11) is 0. The number of hydrogen-bond donors (Lipinski definition) is 1. The van der Waals surface area contributed by atoms with Gasteiger partial charge in [0.25, 0.3) is 0 Å². The van der Waals surface area contributed by atoms with Gasteiger partial charge in [-0.15, -0.1) is 0 Å². The Bertz CT molecular complexity index is 168. The van der Waals surface area contributed by atoms with E-state index in [1.165, 1.54) is 6.26 Å². The number of rotatable bonds is 1. The molecule has 2 rings (SSSR count). The highest BCUT2D eigenvalue weighted by Gasteiger charge is 2.28. The Hall–Kier alpha value is -0.870. The van der Waals surface area contributed by atoms with Crippen LogP contribution in [0.4, 0.5) is 0 Å². The van der Waals surface area contributed by atoms with Crippen LogP contribution in [0, 0.1) is 0 Å². The van der Waals surface area contributed by atoms with E-state index in [2.05, 4.69) is 15.3 Å². The third kappa shape index (κ3) is 0.508. The third-order valence-electron chi connectivity index (χ3n) is 0.911. The number of oxazole rings is 1. The van der Waals surface area contributed by atoms with Gasteiger partial charge in [0.2, 0.25) is 12.1 Å². The van der Waals surface area contributed by atoms with E-state index in [0.29, 0.717) is 5.89 Å². The van der Waals surface area contributed by atoms with Gasteiger partial charge in [-0.2, -0.15) is 5.48 Å². The Balaban J connectivity index is 2.28. The van der Waals surface area contributed by atoms with E-state index in [-0.39, 0.29) is 6.23 Å². The molecular weight excluding hydrogens is 108 g/mol. The molecule has 1 unspecified atom stereocenters. The molecule has 1 aliphatic rings. The number of nitrogens with zero attached hydrogens (tertiary/aromatic N) is 1. The van der Waals surface area contributed by atoms with Crippen molar-refractivity contribution in [2.45, 2.75) is 6.23 Å². The minimum absolute atomic E-state index is 0.0926. The van der Waals surface area contributed by atoms with Crippen molar-refractivity contribution in [1.29, 1.82) is 0 Å². The van der Waals surface area contributed by atoms with Crippen LogP contribution in [0.1, 0.15) is 12.1 Å². The van der Waals surface area contributed by atoms with Crippen LogP contribution in [0.3, 0.4) is 0 Å². The first-order valence-corrected chi connectivity index (χ1v) is 2.27. The highest BCUT2D eigenvalue weighted by Crippen LogP contribution is 2.20. The van der Waals surface area contributed by atoms with Gasteiger partial charge >= 0.3 is 0 Å². The second-order valence-corrected chi connectivity index (χ2v) is 1.49. The minimum Gasteiger partial charge on any atom is -0.445 e. The molecule has 1 aromatic heterocycles. The Morgan fingerprint density at radius 1 is 1.75 bits per heavy atom. The molecule has 2 heterocycles. The van der Waals surface area contributed by atoms with E-state index in [0.717, 1.165) is 0 Å². The molecule has 0 spiro atoms. The van der Waals surface area contributed by atoms with Crippen LogP contribution in [0.2, 0.25) is 0 Å². The second kappa shape index (κ2) is 1.30. The maximum atomic E-state index is 4.86. The van der Waals surface area contributed by atoms with Crippen molar-refractivity contribution < 1.29 is 9.25 Å². The van der Waals surface area contributed by atoms with Gasteiger partial charge in [-0.3, -0.25) is 4.84 Å². The van der Waals surface area contributed by atoms with Crippen LogP contribution < -0.4 is 5.48 Å². The minimum atomic E-state index is -0.0926. The van der Waals surface area contributed by atoms with Crippen LogP contribution in [0.25, 0.3) is 0 Å². The van der Waals surface area contributed by atoms with Crippen LogP contribution in [0.15, 0.2) is 16.9 Å². The average Bonchev–Trinajstić information content (AvgIpc) is 2.49. The van der Waals surface area contributed by atoms with Gasteiger partial charge < -0.3 is 4.42 Å². The molecule has 4 heteroatoms. The zero-order valence-corrected chi connectivity index (χ0v) is 4.00. The van der Waals surface area contributed by atoms with E-state index >= 15 is 0 Å². The zero-order chi connectivity index (χ0) is 5.40. The summed E-state index contributed by atoms with van der Waals surface area (Å²) in [5.41, 5.74) is 2.58. The summed E-state index contributed by atoms with van der Waals surface area (Å²) in [6.45, 7) is 0. The molecule has 1 fully saturated rings. The van der Waals surface area contributed by atoms with Gasteiger partial charge in [0, 0.05) is 0 Å². The SMILES string of the molecule is c1coc(C2NO2)n1. The highest BCUT2D eigenvalue weighted by atomic mass is 16.8. The number of hydroxylamine groups is 1. The molecule has 0 aliphatic carbocycles. The van der Waals surface area contributed by atoms with Crippen molar-refractivity contribution in [2.75, 3.05) is 0 Å². The van der Waals surface area contributed by atoms with E-state index in [4.69, 9.17) is 4.42 Å². The molecule has 0 radical (unpaired) electrons. The first-order valence-electron chi connectivity index (χ1n) is 2.27. The molecule has 42 valence electrons. The Labute approximate surface area is 45.4 Å². The van der Waals surface area contributed by atoms with Crippen molar-refractivity contribution in [2.24, 2.45) is 0 Å². The lowest BCUT2D eigenvalue weighted by molar-refractivity contribution is 0.341. The number of aromatic nitrogens is 1. The van der Waals surface area contributed by atoms with E-state index in [1.54, 1.807) is 6.20 Å². The lowest BCUT2D eigenvalue weighted by Crippen LogP contribution is -1.80. The standard InChI is InChI=1S/C4H4N2O2/c1-2-7-3(5-1)4-6-8-4/h1-2,4,6H. The van der Waals surface area contributed by atoms with Crippen molar-refractivity contribution in [3.63, 3.8) is 0 Å². The van der Waals surface area contributed by atoms with Gasteiger partial charge in [0.05, 0.1) is 6.20 Å². The predicted molar refractivity (Wildman–Crippen MR) is 23.5 cm³/mol. The van der Waals surface area contributed by atoms with Crippen molar-refractivity contribution >= 4 is 0 Å². The molecule has 0 bridgehead atoms. The molecule has 8 heavy (non-hydrogen) atoms. The highest BCUT2D eigenvalue weighted by molar-refractivity contribution is 4.87. The monoisotopic (exact) mass is 112 g/mol. The summed E-state index contributed by atoms with van der Waals surface area (Å²) in [6, 6.07) is 0. The van der Waals surface area contributed by atoms with Gasteiger partial charge in [-0.25, -0.2) is 4.98 Å². The summed E-state index contributed by atoms with van der Waals surface area (Å²) in [5, 5.41) is 0. The fourth-order valence-corrected chi connectivity index (χ4v) is 0.499. The summed E-state index contributed by atoms with van der Waals surface area (Å²) < 4.78 is 4.86. The second-order valence-electron chi connectivity index (χ2n) is 1.49. The number of hydrogen-bond acceptors (Lipinski definition) is 4. The zero-order valence-electron chi connectivity index (χ0n) is 4.00. The van der Waals surface area contributed by atoms with Crippen LogP contribution >= 0.6 is 0 Å². The summed E-state index contributed by atoms with van der Waals surface area (Å²) in [5.74, 6) is 0.588. The molecular formula is C4H4N2O2. The molecule has 1 atom stereocenters. The van der Waals surface area contributed by atoms with E-state index in [9.17, 15) is 0 Å². The Kier molecular flexibility index (Phi) is 0.660. The lowest BCUT2D eigenvalue weighted by atomic mass is 10.6. The molecule has 1 N–H and O–H groups in total. The maximum Gasteiger partial charge on any atom is 0.242 e. The molecule has 0 aromatic carbocycles. The molecule has 1 saturated heterocycles. The van der Waals surface area contributed by atoms with E-state index in [1.807, 2.05) is 0 Å². The third-order valence-corrected chi connectivity index (χ3v) is 0.911. The summed E-state index contributed by atoms with van der Waals surface area (Å²) >= 11 is 0. The van der Waals surface area contributed by atoms with Crippen LogP contribution in [-0.2, 0) is 4.84 Å². The van der Waals surface area contributed by atoms with Gasteiger partial charge in [-0.1, -0.05) is 0 Å². The molecule has 4 nitrogen and oxygen atoms in total. The van der Waals surface area contributed by atoms with Crippen molar-refractivity contribution in [3.05, 3.63) is 18.4 Å². The van der Waals surface area contributed by atoms with E-state index < -0.39 is 0 Å². The number of nitrogens with one attached hydrogen (secondary N) is 1. The van der Waals surface area contributed by atoms with Gasteiger partial charge in [-0.05, 0) is 0 Å². The molecule has 1 aliphatic heterocycles. The fraction of sp³-hybridized carbons (Fsp3) is 0.250. The molecule has 0 saturated carbocycles. The topological polar surface area (TPSA) is 60.5 Å². The van der Waals surface area contributed by atoms with Crippen LogP contribution in [-0.4, -0.2) is 4.98 Å². The first-order chi connectivity index (χ1) is 3.97. The first kappa shape index (κ1) is 4.05. The largest absolute Gasteiger partial charge is 0.445 e. The van der Waals surface area contributed by atoms with Crippen molar-refractivity contribution in [1.82, 2.24) is 10.5 Å². The molecule has 0 amide bonds. The average molecular weight is 112 g/mol. The van der Waals surface area contributed by atoms with Crippen molar-refractivity contribution in [3.8, 4) is 0 Å². The summed E-state index contributed by atoms with van der Waals surface area (Å²) in [4.78, 5) is 8.47. The Morgan fingerprint density at radius 3 is 3.12 bits per heavy atom. The Morgan fingerprint density at radius 2 is 2.62 bits per heavy atom. The maximum absolute atomic E-state index is 4.86. The summed E-state index contributed by atoms with van der Waals surface area (Å²) in [6.07, 6.45) is 3.00. The smallest absolute Gasteiger partial charge is 0.242 e. The predicted octanol–water partition coefficient (Wildman–Crippen LogP) is 0.208. The molecule has 1 aromatic rings.